The Morgan fingerprint density at radius 3 is 2.31 bits per heavy atom. The van der Waals surface area contributed by atoms with Gasteiger partial charge in [0.2, 0.25) is 0 Å². The van der Waals surface area contributed by atoms with Gasteiger partial charge in [0.05, 0.1) is 29.1 Å². The standard InChI is InChI=1S/C28H23BrN6/c1-28(2,17-30)21-11-8-19(9-12-21)25-14-23(29)26(31)35-27(34-25)22(16-33-35)20-10-13-24(32-15-20)18-6-4-3-5-7-18/h3-13,15-16H,14,31H2,1-2H3. The summed E-state index contributed by atoms with van der Waals surface area (Å²) in [7, 11) is 0. The molecule has 3 heterocycles. The van der Waals surface area contributed by atoms with Gasteiger partial charge in [-0.05, 0) is 31.0 Å². The maximum atomic E-state index is 9.46. The van der Waals surface area contributed by atoms with E-state index in [9.17, 15) is 5.26 Å². The molecule has 35 heavy (non-hydrogen) atoms. The average molecular weight is 523 g/mol. The number of aliphatic imine (C=N–C) groups is 1. The molecule has 172 valence electrons. The van der Waals surface area contributed by atoms with Crippen molar-refractivity contribution in [3.63, 3.8) is 0 Å². The first-order valence-electron chi connectivity index (χ1n) is 11.2. The number of hydrogen-bond acceptors (Lipinski definition) is 5. The van der Waals surface area contributed by atoms with Gasteiger partial charge in [0.25, 0.3) is 0 Å². The second-order valence-electron chi connectivity index (χ2n) is 8.93. The molecule has 4 aromatic rings. The highest BCUT2D eigenvalue weighted by Gasteiger charge is 2.23. The Hall–Kier alpha value is -4.02. The van der Waals surface area contributed by atoms with Gasteiger partial charge in [0.15, 0.2) is 5.82 Å². The topological polar surface area (TPSA) is 92.9 Å². The van der Waals surface area contributed by atoms with Crippen LogP contribution in [0.15, 0.2) is 88.6 Å². The molecule has 6 nitrogen and oxygen atoms in total. The fourth-order valence-electron chi connectivity index (χ4n) is 3.99. The van der Waals surface area contributed by atoms with Crippen LogP contribution in [-0.4, -0.2) is 20.5 Å². The quantitative estimate of drug-likeness (QED) is 0.334. The largest absolute Gasteiger partial charge is 0.383 e. The maximum absolute atomic E-state index is 9.46. The van der Waals surface area contributed by atoms with Crippen LogP contribution < -0.4 is 5.73 Å². The number of benzene rings is 2. The molecule has 2 N–H and O–H groups in total. The molecule has 1 aliphatic rings. The van der Waals surface area contributed by atoms with Gasteiger partial charge in [-0.2, -0.15) is 15.0 Å². The Morgan fingerprint density at radius 1 is 0.943 bits per heavy atom. The van der Waals surface area contributed by atoms with E-state index in [0.29, 0.717) is 18.1 Å². The molecule has 5 rings (SSSR count). The van der Waals surface area contributed by atoms with Crippen LogP contribution in [0, 0.1) is 11.3 Å². The van der Waals surface area contributed by atoms with Crippen LogP contribution in [0.25, 0.3) is 28.2 Å². The van der Waals surface area contributed by atoms with Crippen LogP contribution in [-0.2, 0) is 5.41 Å². The second-order valence-corrected chi connectivity index (χ2v) is 9.89. The lowest BCUT2D eigenvalue weighted by molar-refractivity contribution is 0.687. The zero-order chi connectivity index (χ0) is 24.6. The first-order valence-corrected chi connectivity index (χ1v) is 12.0. The summed E-state index contributed by atoms with van der Waals surface area (Å²) in [6.45, 7) is 3.82. The van der Waals surface area contributed by atoms with E-state index >= 15 is 0 Å². The van der Waals surface area contributed by atoms with E-state index in [1.807, 2.05) is 86.8 Å². The maximum Gasteiger partial charge on any atom is 0.165 e. The number of fused-ring (bicyclic) bond motifs is 1. The molecule has 1 aliphatic heterocycles. The third-order valence-corrected chi connectivity index (χ3v) is 6.86. The van der Waals surface area contributed by atoms with Crippen LogP contribution in [0.4, 0.5) is 5.82 Å². The molecule has 0 bridgehead atoms. The second kappa shape index (κ2) is 8.97. The summed E-state index contributed by atoms with van der Waals surface area (Å²) in [5, 5.41) is 14.0. The molecule has 0 radical (unpaired) electrons. The monoisotopic (exact) mass is 522 g/mol. The third kappa shape index (κ3) is 4.29. The molecule has 0 aliphatic carbocycles. The van der Waals surface area contributed by atoms with Crippen molar-refractivity contribution in [2.75, 3.05) is 0 Å². The Kier molecular flexibility index (Phi) is 5.83. The zero-order valence-electron chi connectivity index (χ0n) is 19.4. The molecule has 0 unspecified atom stereocenters. The SMILES string of the molecule is CC(C)(C#N)c1ccc(C2=Nc3c(-c4ccc(-c5ccccc5)nc4)cnn3C(N)=C(Br)C2)cc1. The molecule has 0 saturated heterocycles. The van der Waals surface area contributed by atoms with Gasteiger partial charge < -0.3 is 5.73 Å². The van der Waals surface area contributed by atoms with Crippen LogP contribution in [0.5, 0.6) is 0 Å². The summed E-state index contributed by atoms with van der Waals surface area (Å²) in [6.07, 6.45) is 4.14. The zero-order valence-corrected chi connectivity index (χ0v) is 21.0. The van der Waals surface area contributed by atoms with E-state index in [2.05, 4.69) is 32.1 Å². The lowest BCUT2D eigenvalue weighted by Gasteiger charge is -2.16. The molecule has 0 fully saturated rings. The number of nitriles is 1. The van der Waals surface area contributed by atoms with Crippen molar-refractivity contribution in [1.29, 1.82) is 5.26 Å². The van der Waals surface area contributed by atoms with Crippen LogP contribution in [0.2, 0.25) is 0 Å². The molecular formula is C28H23BrN6. The molecule has 0 spiro atoms. The highest BCUT2D eigenvalue weighted by Crippen LogP contribution is 2.37. The van der Waals surface area contributed by atoms with E-state index < -0.39 is 5.41 Å². The number of hydrogen-bond donors (Lipinski definition) is 1. The number of halogens is 1. The average Bonchev–Trinajstić information content (AvgIpc) is 3.26. The summed E-state index contributed by atoms with van der Waals surface area (Å²) in [5.41, 5.74) is 12.4. The van der Waals surface area contributed by atoms with Gasteiger partial charge in [0, 0.05) is 33.8 Å². The summed E-state index contributed by atoms with van der Waals surface area (Å²) >= 11 is 3.63. The summed E-state index contributed by atoms with van der Waals surface area (Å²) in [4.78, 5) is 9.68. The van der Waals surface area contributed by atoms with Gasteiger partial charge in [-0.15, -0.1) is 0 Å². The van der Waals surface area contributed by atoms with Gasteiger partial charge in [-0.3, -0.25) is 4.98 Å². The van der Waals surface area contributed by atoms with Gasteiger partial charge in [-0.1, -0.05) is 76.6 Å². The van der Waals surface area contributed by atoms with E-state index in [4.69, 9.17) is 10.7 Å². The fraction of sp³-hybridized carbons (Fsp3) is 0.143. The molecular weight excluding hydrogens is 500 g/mol. The Balaban J connectivity index is 1.56. The van der Waals surface area contributed by atoms with E-state index in [-0.39, 0.29) is 0 Å². The van der Waals surface area contributed by atoms with Crippen LogP contribution in [0.3, 0.4) is 0 Å². The minimum atomic E-state index is -0.556. The number of aromatic nitrogens is 3. The molecule has 2 aromatic carbocycles. The molecule has 7 heteroatoms. The summed E-state index contributed by atoms with van der Waals surface area (Å²) in [6, 6.07) is 24.4. The highest BCUT2D eigenvalue weighted by atomic mass is 79.9. The predicted molar refractivity (Wildman–Crippen MR) is 143 cm³/mol. The minimum absolute atomic E-state index is 0.501. The van der Waals surface area contributed by atoms with Crippen molar-refractivity contribution in [1.82, 2.24) is 14.8 Å². The number of pyridine rings is 1. The number of nitrogens with zero attached hydrogens (tertiary/aromatic N) is 5. The lowest BCUT2D eigenvalue weighted by atomic mass is 9.85. The lowest BCUT2D eigenvalue weighted by Crippen LogP contribution is -2.14. The number of rotatable bonds is 4. The normalized spacial score (nSPS) is 13.6. The highest BCUT2D eigenvalue weighted by molar-refractivity contribution is 9.11. The molecule has 0 atom stereocenters. The van der Waals surface area contributed by atoms with Crippen molar-refractivity contribution >= 4 is 33.3 Å². The summed E-state index contributed by atoms with van der Waals surface area (Å²) in [5.74, 6) is 1.16. The van der Waals surface area contributed by atoms with E-state index in [0.717, 1.165) is 43.7 Å². The van der Waals surface area contributed by atoms with Crippen molar-refractivity contribution in [3.05, 3.63) is 94.7 Å². The van der Waals surface area contributed by atoms with Crippen molar-refractivity contribution < 1.29 is 0 Å². The third-order valence-electron chi connectivity index (χ3n) is 6.18. The van der Waals surface area contributed by atoms with Crippen molar-refractivity contribution in [3.8, 4) is 28.5 Å². The smallest absolute Gasteiger partial charge is 0.165 e. The van der Waals surface area contributed by atoms with Crippen LogP contribution >= 0.6 is 15.9 Å². The summed E-state index contributed by atoms with van der Waals surface area (Å²) < 4.78 is 2.47. The van der Waals surface area contributed by atoms with Gasteiger partial charge >= 0.3 is 0 Å². The molecule has 0 amide bonds. The van der Waals surface area contributed by atoms with Crippen molar-refractivity contribution in [2.45, 2.75) is 25.7 Å². The van der Waals surface area contributed by atoms with Crippen LogP contribution in [0.1, 0.15) is 31.4 Å². The van der Waals surface area contributed by atoms with E-state index in [1.54, 1.807) is 10.9 Å². The Labute approximate surface area is 212 Å². The number of nitrogens with two attached hydrogens (primary N) is 1. The number of allylic oxidation sites excluding steroid dienone is 1. The predicted octanol–water partition coefficient (Wildman–Crippen LogP) is 6.42. The Morgan fingerprint density at radius 2 is 1.66 bits per heavy atom. The van der Waals surface area contributed by atoms with E-state index in [1.165, 1.54) is 0 Å². The van der Waals surface area contributed by atoms with Crippen molar-refractivity contribution in [2.24, 2.45) is 10.7 Å². The minimum Gasteiger partial charge on any atom is -0.383 e. The molecule has 2 aromatic heterocycles. The first-order chi connectivity index (χ1) is 16.9. The Bertz CT molecular complexity index is 1490. The first kappa shape index (κ1) is 22.8. The van der Waals surface area contributed by atoms with Gasteiger partial charge in [-0.25, -0.2) is 4.99 Å². The van der Waals surface area contributed by atoms with Gasteiger partial charge in [0.1, 0.15) is 5.82 Å². The molecule has 0 saturated carbocycles. The fourth-order valence-corrected chi connectivity index (χ4v) is 4.43.